The number of nitrogens with one attached hydrogen (secondary N) is 2. The summed E-state index contributed by atoms with van der Waals surface area (Å²) in [5.41, 5.74) is 15.7. The van der Waals surface area contributed by atoms with Crippen molar-refractivity contribution < 1.29 is 19.4 Å². The summed E-state index contributed by atoms with van der Waals surface area (Å²) in [6, 6.07) is 19.2. The Hall–Kier alpha value is -3.79. The normalized spacial score (nSPS) is 19.4. The van der Waals surface area contributed by atoms with E-state index in [2.05, 4.69) is 20.9 Å². The SMILES string of the molecule is [N-]=[N+]=Nc1ccccc1C[C@]1(C(=O)NNCC2CC2)N=C(c2ccc(OCCCO)cc2)O[C@H]1c1ccc(Cl)cc1Cl. The fraction of sp³-hybridized carbons (Fsp3) is 0.333. The van der Waals surface area contributed by atoms with E-state index in [9.17, 15) is 10.3 Å². The lowest BCUT2D eigenvalue weighted by atomic mass is 9.81. The van der Waals surface area contributed by atoms with Crippen molar-refractivity contribution in [1.29, 1.82) is 0 Å². The Morgan fingerprint density at radius 1 is 1.17 bits per heavy atom. The Morgan fingerprint density at radius 2 is 1.95 bits per heavy atom. The number of aliphatic hydroxyl groups excluding tert-OH is 1. The highest BCUT2D eigenvalue weighted by Gasteiger charge is 2.54. The van der Waals surface area contributed by atoms with Crippen LogP contribution in [0.5, 0.6) is 5.75 Å². The van der Waals surface area contributed by atoms with Crippen LogP contribution in [0.3, 0.4) is 0 Å². The minimum atomic E-state index is -1.54. The van der Waals surface area contributed by atoms with Gasteiger partial charge >= 0.3 is 0 Å². The highest BCUT2D eigenvalue weighted by Crippen LogP contribution is 2.46. The number of amides is 1. The average Bonchev–Trinajstić information content (AvgIpc) is 3.74. The van der Waals surface area contributed by atoms with E-state index in [4.69, 9.17) is 42.8 Å². The molecule has 10 nitrogen and oxygen atoms in total. The molecule has 1 heterocycles. The van der Waals surface area contributed by atoms with Crippen LogP contribution in [0, 0.1) is 5.92 Å². The van der Waals surface area contributed by atoms with Gasteiger partial charge in [-0.2, -0.15) is 0 Å². The van der Waals surface area contributed by atoms with Crippen LogP contribution >= 0.6 is 23.2 Å². The van der Waals surface area contributed by atoms with E-state index in [1.165, 1.54) is 0 Å². The minimum Gasteiger partial charge on any atom is -0.494 e. The van der Waals surface area contributed by atoms with E-state index in [1.807, 2.05) is 6.07 Å². The molecule has 2 atom stereocenters. The summed E-state index contributed by atoms with van der Waals surface area (Å²) in [6.07, 6.45) is 1.85. The number of hydrogen-bond donors (Lipinski definition) is 3. The van der Waals surface area contributed by atoms with Gasteiger partial charge in [-0.25, -0.2) is 10.4 Å². The predicted octanol–water partition coefficient (Wildman–Crippen LogP) is 6.23. The van der Waals surface area contributed by atoms with Gasteiger partial charge in [0.1, 0.15) is 5.75 Å². The van der Waals surface area contributed by atoms with E-state index in [0.29, 0.717) is 63.7 Å². The Balaban J connectivity index is 1.59. The van der Waals surface area contributed by atoms with E-state index >= 15 is 0 Å². The molecule has 3 aromatic carbocycles. The van der Waals surface area contributed by atoms with E-state index in [1.54, 1.807) is 60.7 Å². The molecule has 0 saturated heterocycles. The smallest absolute Gasteiger partial charge is 0.266 e. The van der Waals surface area contributed by atoms with Crippen molar-refractivity contribution in [2.45, 2.75) is 37.3 Å². The van der Waals surface area contributed by atoms with Crippen molar-refractivity contribution in [2.75, 3.05) is 19.8 Å². The summed E-state index contributed by atoms with van der Waals surface area (Å²) < 4.78 is 12.2. The van der Waals surface area contributed by atoms with E-state index in [0.717, 1.165) is 12.8 Å². The number of benzene rings is 3. The van der Waals surface area contributed by atoms with Crippen LogP contribution in [0.1, 0.15) is 42.1 Å². The molecule has 0 radical (unpaired) electrons. The Morgan fingerprint density at radius 3 is 2.67 bits per heavy atom. The number of carbonyl (C=O) groups is 1. The standard InChI is InChI=1S/C30H30Cl2N6O4/c31-22-10-13-24(25(32)16-22)27-30(29(40)37-34-18-19-6-7-19,17-21-4-1-2-5-26(21)36-38-33)35-28(42-27)20-8-11-23(12-9-20)41-15-3-14-39/h1-2,4-5,8-13,16,19,27,34,39H,3,6-7,14-15,17-18H2,(H,37,40)/t27-,30-/m0/s1. The third kappa shape index (κ3) is 6.81. The number of carbonyl (C=O) groups excluding carboxylic acids is 1. The Labute approximate surface area is 253 Å². The van der Waals surface area contributed by atoms with Crippen LogP contribution in [0.15, 0.2) is 76.8 Å². The number of hydrazine groups is 1. The quantitative estimate of drug-likeness (QED) is 0.0693. The van der Waals surface area contributed by atoms with Crippen molar-refractivity contribution in [1.82, 2.24) is 10.9 Å². The molecular weight excluding hydrogens is 579 g/mol. The number of halogens is 2. The molecule has 0 unspecified atom stereocenters. The second kappa shape index (κ2) is 13.5. The van der Waals surface area contributed by atoms with Crippen molar-refractivity contribution in [2.24, 2.45) is 16.0 Å². The summed E-state index contributed by atoms with van der Waals surface area (Å²) in [4.78, 5) is 22.1. The molecule has 1 aliphatic heterocycles. The number of ether oxygens (including phenoxy) is 2. The monoisotopic (exact) mass is 608 g/mol. The molecule has 218 valence electrons. The summed E-state index contributed by atoms with van der Waals surface area (Å²) in [7, 11) is 0. The molecule has 42 heavy (non-hydrogen) atoms. The first-order valence-electron chi connectivity index (χ1n) is 13.7. The maximum Gasteiger partial charge on any atom is 0.266 e. The van der Waals surface area contributed by atoms with Crippen LogP contribution in [0.25, 0.3) is 10.4 Å². The number of aliphatic imine (C=N–C) groups is 1. The molecule has 2 aliphatic rings. The zero-order chi connectivity index (χ0) is 29.5. The molecular formula is C30H30Cl2N6O4. The number of nitrogens with zero attached hydrogens (tertiary/aromatic N) is 4. The number of hydrogen-bond acceptors (Lipinski definition) is 7. The molecule has 1 amide bonds. The molecule has 5 rings (SSSR count). The second-order valence-corrected chi connectivity index (χ2v) is 11.1. The van der Waals surface area contributed by atoms with Crippen molar-refractivity contribution >= 4 is 40.7 Å². The topological polar surface area (TPSA) is 141 Å². The fourth-order valence-electron chi connectivity index (χ4n) is 4.78. The maximum atomic E-state index is 14.2. The van der Waals surface area contributed by atoms with Gasteiger partial charge in [-0.1, -0.05) is 58.6 Å². The summed E-state index contributed by atoms with van der Waals surface area (Å²) >= 11 is 12.9. The molecule has 0 bridgehead atoms. The molecule has 1 saturated carbocycles. The summed E-state index contributed by atoms with van der Waals surface area (Å²) in [5.74, 6) is 0.963. The zero-order valence-corrected chi connectivity index (χ0v) is 24.2. The first-order valence-corrected chi connectivity index (χ1v) is 14.4. The first-order chi connectivity index (χ1) is 20.4. The Kier molecular flexibility index (Phi) is 9.51. The van der Waals surface area contributed by atoms with Gasteiger partial charge in [0.25, 0.3) is 5.91 Å². The lowest BCUT2D eigenvalue weighted by Crippen LogP contribution is -2.54. The van der Waals surface area contributed by atoms with E-state index in [-0.39, 0.29) is 18.9 Å². The largest absolute Gasteiger partial charge is 0.494 e. The average molecular weight is 610 g/mol. The van der Waals surface area contributed by atoms with E-state index < -0.39 is 17.6 Å². The second-order valence-electron chi connectivity index (χ2n) is 10.2. The van der Waals surface area contributed by atoms with Gasteiger partial charge in [-0.05, 0) is 66.3 Å². The summed E-state index contributed by atoms with van der Waals surface area (Å²) in [6.45, 7) is 1.06. The van der Waals surface area contributed by atoms with Crippen LogP contribution in [-0.2, 0) is 16.0 Å². The first kappa shape index (κ1) is 29.7. The molecule has 1 aliphatic carbocycles. The number of azide groups is 1. The zero-order valence-electron chi connectivity index (χ0n) is 22.7. The van der Waals surface area contributed by atoms with Crippen molar-refractivity contribution in [3.8, 4) is 5.75 Å². The molecule has 3 N–H and O–H groups in total. The van der Waals surface area contributed by atoms with Crippen LogP contribution in [0.2, 0.25) is 10.0 Å². The lowest BCUT2D eigenvalue weighted by Gasteiger charge is -2.31. The highest BCUT2D eigenvalue weighted by molar-refractivity contribution is 6.35. The fourth-order valence-corrected chi connectivity index (χ4v) is 5.28. The van der Waals surface area contributed by atoms with Gasteiger partial charge in [0.15, 0.2) is 11.6 Å². The van der Waals surface area contributed by atoms with Crippen LogP contribution < -0.4 is 15.6 Å². The van der Waals surface area contributed by atoms with Gasteiger partial charge in [0.2, 0.25) is 5.90 Å². The third-order valence-electron chi connectivity index (χ3n) is 7.17. The number of rotatable bonds is 13. The minimum absolute atomic E-state index is 0.0415. The highest BCUT2D eigenvalue weighted by atomic mass is 35.5. The van der Waals surface area contributed by atoms with Gasteiger partial charge in [0.05, 0.1) is 6.61 Å². The predicted molar refractivity (Wildman–Crippen MR) is 161 cm³/mol. The van der Waals surface area contributed by atoms with Crippen molar-refractivity contribution in [3.05, 3.63) is 104 Å². The summed E-state index contributed by atoms with van der Waals surface area (Å²) in [5, 5.41) is 13.6. The molecule has 1 fully saturated rings. The molecule has 0 aromatic heterocycles. The van der Waals surface area contributed by atoms with Gasteiger partial charge < -0.3 is 14.6 Å². The number of aliphatic hydroxyl groups is 1. The molecule has 0 spiro atoms. The molecule has 12 heteroatoms. The third-order valence-corrected chi connectivity index (χ3v) is 7.73. The lowest BCUT2D eigenvalue weighted by molar-refractivity contribution is -0.130. The van der Waals surface area contributed by atoms with Gasteiger partial charge in [0, 0.05) is 57.8 Å². The molecule has 3 aromatic rings. The van der Waals surface area contributed by atoms with Crippen molar-refractivity contribution in [3.63, 3.8) is 0 Å². The van der Waals surface area contributed by atoms with Gasteiger partial charge in [-0.3, -0.25) is 10.2 Å². The van der Waals surface area contributed by atoms with Gasteiger partial charge in [-0.15, -0.1) is 0 Å². The maximum absolute atomic E-state index is 14.2. The van der Waals surface area contributed by atoms with Crippen LogP contribution in [0.4, 0.5) is 5.69 Å². The Bertz CT molecular complexity index is 1510. The van der Waals surface area contributed by atoms with Crippen LogP contribution in [-0.4, -0.2) is 42.2 Å².